The highest BCUT2D eigenvalue weighted by Gasteiger charge is 2.42. The van der Waals surface area contributed by atoms with Crippen LogP contribution >= 0.6 is 0 Å². The molecule has 0 spiro atoms. The lowest BCUT2D eigenvalue weighted by Gasteiger charge is -2.29. The SMILES string of the molecule is CCCCCCCCCCCCCCCCC[N+]1(CCCCCCCCCCCCCCCC)C=C[N+](CCCCCCCCCCCCCCCC)=C1CCCCCCCCCCCCCCCC. The summed E-state index contributed by atoms with van der Waals surface area (Å²) in [5, 5.41) is 0. The maximum Gasteiger partial charge on any atom is 0.348 e. The Labute approximate surface area is 445 Å². The largest absolute Gasteiger partial charge is 0.348 e. The molecule has 1 aliphatic heterocycles. The summed E-state index contributed by atoms with van der Waals surface area (Å²) in [7, 11) is 0. The van der Waals surface area contributed by atoms with Crippen molar-refractivity contribution in [2.45, 2.75) is 400 Å². The van der Waals surface area contributed by atoms with E-state index in [1.165, 1.54) is 397 Å². The van der Waals surface area contributed by atoms with Gasteiger partial charge in [-0.2, -0.15) is 4.58 Å². The van der Waals surface area contributed by atoms with Gasteiger partial charge in [0.1, 0.15) is 0 Å². The second-order valence-corrected chi connectivity index (χ2v) is 23.9. The molecule has 1 rings (SSSR count). The maximum absolute atomic E-state index is 2.83. The third kappa shape index (κ3) is 43.7. The van der Waals surface area contributed by atoms with Crippen LogP contribution in [0.2, 0.25) is 0 Å². The lowest BCUT2D eigenvalue weighted by atomic mass is 10.0. The first-order valence-electron chi connectivity index (χ1n) is 33.9. The van der Waals surface area contributed by atoms with E-state index in [1.807, 2.05) is 5.84 Å². The maximum atomic E-state index is 2.83. The Hall–Kier alpha value is -0.630. The van der Waals surface area contributed by atoms with Crippen LogP contribution in [0.25, 0.3) is 0 Å². The molecule has 0 fully saturated rings. The second-order valence-electron chi connectivity index (χ2n) is 23.9. The van der Waals surface area contributed by atoms with Crippen LogP contribution in [0, 0.1) is 0 Å². The predicted molar refractivity (Wildman–Crippen MR) is 320 cm³/mol. The molecule has 1 atom stereocenters. The minimum atomic E-state index is 1.22. The summed E-state index contributed by atoms with van der Waals surface area (Å²) in [5.41, 5.74) is 0. The highest BCUT2D eigenvalue weighted by molar-refractivity contribution is 5.72. The van der Waals surface area contributed by atoms with E-state index in [9.17, 15) is 0 Å². The summed E-state index contributed by atoms with van der Waals surface area (Å²) in [6, 6.07) is 0. The number of amidine groups is 1. The van der Waals surface area contributed by atoms with Gasteiger partial charge in [-0.25, -0.2) is 4.48 Å². The molecule has 1 aliphatic rings. The Kier molecular flexibility index (Phi) is 54.0. The fourth-order valence-electron chi connectivity index (χ4n) is 12.0. The second kappa shape index (κ2) is 56.1. The van der Waals surface area contributed by atoms with E-state index in [2.05, 4.69) is 44.7 Å². The van der Waals surface area contributed by atoms with Gasteiger partial charge in [-0.05, 0) is 38.5 Å². The summed E-state index contributed by atoms with van der Waals surface area (Å²) < 4.78 is 4.05. The third-order valence-corrected chi connectivity index (χ3v) is 17.0. The summed E-state index contributed by atoms with van der Waals surface area (Å²) >= 11 is 0. The van der Waals surface area contributed by atoms with Gasteiger partial charge in [0, 0.05) is 6.42 Å². The van der Waals surface area contributed by atoms with Crippen LogP contribution in [0.4, 0.5) is 0 Å². The van der Waals surface area contributed by atoms with Crippen molar-refractivity contribution in [2.75, 3.05) is 19.6 Å². The Balaban J connectivity index is 2.72. The summed E-state index contributed by atoms with van der Waals surface area (Å²) in [6.45, 7) is 13.3. The van der Waals surface area contributed by atoms with Crippen LogP contribution in [0.15, 0.2) is 12.4 Å². The fraction of sp³-hybridized carbons (Fsp3) is 0.956. The van der Waals surface area contributed by atoms with Gasteiger partial charge in [0.15, 0.2) is 12.7 Å². The molecular weight excluding hydrogens is 845 g/mol. The molecule has 0 aromatic carbocycles. The Bertz CT molecular complexity index is 1060. The van der Waals surface area contributed by atoms with Crippen molar-refractivity contribution >= 4 is 5.84 Å². The first kappa shape index (κ1) is 67.4. The van der Waals surface area contributed by atoms with Gasteiger partial charge in [-0.3, -0.25) is 0 Å². The number of hydrogen-bond acceptors (Lipinski definition) is 0. The standard InChI is InChI=1S/C68H136N2/c1-5-9-13-17-21-25-29-33-37-41-45-49-53-57-61-66-70(65-60-56-52-48-44-40-36-32-28-24-20-16-12-8-4)67-64-69(63-59-55-51-47-43-39-35-31-27-23-19-15-11-7-3)68(70)62-58-54-50-46-42-38-34-30-26-22-18-14-10-6-2/h64,67H,5-63,65-66H2,1-4H3/q+2. The molecule has 0 radical (unpaired) electrons. The van der Waals surface area contributed by atoms with E-state index in [0.29, 0.717) is 0 Å². The molecule has 70 heavy (non-hydrogen) atoms. The lowest BCUT2D eigenvalue weighted by molar-refractivity contribution is -0.801. The molecule has 1 heterocycles. The summed E-state index contributed by atoms with van der Waals surface area (Å²) in [4.78, 5) is 0. The zero-order chi connectivity index (χ0) is 50.2. The van der Waals surface area contributed by atoms with E-state index < -0.39 is 0 Å². The van der Waals surface area contributed by atoms with Crippen LogP contribution in [0.3, 0.4) is 0 Å². The Morgan fingerprint density at radius 3 is 0.686 bits per heavy atom. The topological polar surface area (TPSA) is 3.01 Å². The van der Waals surface area contributed by atoms with Gasteiger partial charge in [0.2, 0.25) is 6.20 Å². The molecule has 0 N–H and O–H groups in total. The zero-order valence-corrected chi connectivity index (χ0v) is 49.7. The smallest absolute Gasteiger partial charge is 0.209 e. The van der Waals surface area contributed by atoms with E-state index in [1.54, 1.807) is 0 Å². The third-order valence-electron chi connectivity index (χ3n) is 17.0. The van der Waals surface area contributed by atoms with Crippen LogP contribution in [0.5, 0.6) is 0 Å². The minimum Gasteiger partial charge on any atom is -0.209 e. The quantitative estimate of drug-likeness (QED) is 0.0325. The van der Waals surface area contributed by atoms with Crippen molar-refractivity contribution in [3.05, 3.63) is 12.4 Å². The van der Waals surface area contributed by atoms with Gasteiger partial charge in [-0.1, -0.05) is 349 Å². The number of hydrogen-bond donors (Lipinski definition) is 0. The van der Waals surface area contributed by atoms with Gasteiger partial charge in [0.05, 0.1) is 19.5 Å². The van der Waals surface area contributed by atoms with Gasteiger partial charge in [-0.15, -0.1) is 0 Å². The van der Waals surface area contributed by atoms with E-state index in [4.69, 9.17) is 0 Å². The van der Waals surface area contributed by atoms with Crippen molar-refractivity contribution in [1.29, 1.82) is 0 Å². The first-order valence-corrected chi connectivity index (χ1v) is 33.9. The van der Waals surface area contributed by atoms with Crippen LogP contribution in [-0.2, 0) is 0 Å². The Morgan fingerprint density at radius 2 is 0.443 bits per heavy atom. The van der Waals surface area contributed by atoms with Gasteiger partial charge >= 0.3 is 5.84 Å². The summed E-state index contributed by atoms with van der Waals surface area (Å²) in [6.07, 6.45) is 89.5. The van der Waals surface area contributed by atoms with Gasteiger partial charge < -0.3 is 0 Å². The molecule has 0 amide bonds. The van der Waals surface area contributed by atoms with E-state index in [0.717, 1.165) is 0 Å². The van der Waals surface area contributed by atoms with Crippen molar-refractivity contribution in [3.8, 4) is 0 Å². The minimum absolute atomic E-state index is 1.22. The molecule has 0 aromatic heterocycles. The number of rotatable bonds is 61. The predicted octanol–water partition coefficient (Wildman–Crippen LogP) is 24.4. The monoisotopic (exact) mass is 981 g/mol. The molecular formula is C68H136N2+2. The normalized spacial score (nSPS) is 14.9. The van der Waals surface area contributed by atoms with Crippen molar-refractivity contribution < 1.29 is 9.06 Å². The number of nitrogens with zero attached hydrogens (tertiary/aromatic N) is 2. The van der Waals surface area contributed by atoms with Crippen LogP contribution in [-0.4, -0.2) is 34.5 Å². The van der Waals surface area contributed by atoms with Crippen LogP contribution in [0.1, 0.15) is 400 Å². The zero-order valence-electron chi connectivity index (χ0n) is 49.7. The molecule has 0 saturated heterocycles. The molecule has 2 nitrogen and oxygen atoms in total. The van der Waals surface area contributed by atoms with E-state index in [-0.39, 0.29) is 0 Å². The van der Waals surface area contributed by atoms with E-state index >= 15 is 0 Å². The van der Waals surface area contributed by atoms with Gasteiger partial charge in [0.25, 0.3) is 0 Å². The Morgan fingerprint density at radius 1 is 0.243 bits per heavy atom. The number of quaternary nitrogens is 1. The average molecular weight is 982 g/mol. The number of unbranched alkanes of at least 4 members (excludes halogenated alkanes) is 53. The van der Waals surface area contributed by atoms with Crippen LogP contribution < -0.4 is 0 Å². The molecule has 0 bridgehead atoms. The average Bonchev–Trinajstić information content (AvgIpc) is 3.71. The fourth-order valence-corrected chi connectivity index (χ4v) is 12.0. The molecule has 0 saturated carbocycles. The highest BCUT2D eigenvalue weighted by atomic mass is 15.4. The lowest BCUT2D eigenvalue weighted by Crippen LogP contribution is -2.50. The first-order chi connectivity index (χ1) is 34.7. The highest BCUT2D eigenvalue weighted by Crippen LogP contribution is 2.27. The molecule has 416 valence electrons. The molecule has 0 aliphatic carbocycles. The van der Waals surface area contributed by atoms with Crippen molar-refractivity contribution in [3.63, 3.8) is 0 Å². The van der Waals surface area contributed by atoms with Crippen molar-refractivity contribution in [1.82, 2.24) is 0 Å². The molecule has 0 aromatic rings. The summed E-state index contributed by atoms with van der Waals surface area (Å²) in [5.74, 6) is 1.81. The molecule has 1 unspecified atom stereocenters. The van der Waals surface area contributed by atoms with Crippen molar-refractivity contribution in [2.24, 2.45) is 0 Å². The molecule has 2 heteroatoms.